The fourth-order valence-electron chi connectivity index (χ4n) is 6.40. The van der Waals surface area contributed by atoms with Crippen molar-refractivity contribution in [3.8, 4) is 0 Å². The second-order valence-electron chi connectivity index (χ2n) is 14.0. The molecule has 0 amide bonds. The van der Waals surface area contributed by atoms with E-state index in [1.165, 1.54) is 92.5 Å². The molecule has 0 spiro atoms. The van der Waals surface area contributed by atoms with Crippen LogP contribution in [-0.4, -0.2) is 0 Å². The molecule has 0 radical (unpaired) electrons. The summed E-state index contributed by atoms with van der Waals surface area (Å²) in [6, 6.07) is 44.5. The minimum Gasteiger partial charge on any atom is -0.0628 e. The number of aryl methyl sites for hydroxylation is 4. The largest absolute Gasteiger partial charge is 0.0628 e. The second kappa shape index (κ2) is 16.4. The molecule has 0 aliphatic rings. The van der Waals surface area contributed by atoms with E-state index in [9.17, 15) is 0 Å². The van der Waals surface area contributed by atoms with E-state index in [4.69, 9.17) is 0 Å². The zero-order valence-corrected chi connectivity index (χ0v) is 29.4. The molecule has 0 saturated carbocycles. The molecule has 0 nitrogen and oxygen atoms in total. The van der Waals surface area contributed by atoms with Gasteiger partial charge in [0.05, 0.1) is 0 Å². The highest BCUT2D eigenvalue weighted by Crippen LogP contribution is 2.33. The van der Waals surface area contributed by atoms with Crippen molar-refractivity contribution in [2.45, 2.75) is 73.6 Å². The minimum absolute atomic E-state index is 0.698. The van der Waals surface area contributed by atoms with Crippen LogP contribution in [-0.2, 0) is 6.42 Å². The van der Waals surface area contributed by atoms with E-state index < -0.39 is 0 Å². The molecule has 5 aromatic carbocycles. The molecule has 1 atom stereocenters. The van der Waals surface area contributed by atoms with Gasteiger partial charge in [-0.2, -0.15) is 0 Å². The van der Waals surface area contributed by atoms with Crippen molar-refractivity contribution in [2.24, 2.45) is 11.8 Å². The maximum absolute atomic E-state index is 2.48. The normalized spacial score (nSPS) is 12.8. The van der Waals surface area contributed by atoms with Crippen LogP contribution in [0.25, 0.3) is 23.3 Å². The lowest BCUT2D eigenvalue weighted by Crippen LogP contribution is -2.02. The number of rotatable bonds is 13. The van der Waals surface area contributed by atoms with E-state index in [0.717, 1.165) is 12.3 Å². The number of hydrogen-bond donors (Lipinski definition) is 0. The molecule has 47 heavy (non-hydrogen) atoms. The van der Waals surface area contributed by atoms with Gasteiger partial charge in [-0.15, -0.1) is 0 Å². The smallest absolute Gasteiger partial charge is 0.0105 e. The molecule has 240 valence electrons. The van der Waals surface area contributed by atoms with Crippen molar-refractivity contribution in [1.29, 1.82) is 0 Å². The van der Waals surface area contributed by atoms with E-state index in [0.29, 0.717) is 5.92 Å². The Hall–Kier alpha value is -4.42. The quantitative estimate of drug-likeness (QED) is 0.115. The summed E-state index contributed by atoms with van der Waals surface area (Å²) in [5, 5.41) is 0. The first-order valence-electron chi connectivity index (χ1n) is 17.6. The SMILES string of the molecule is Cc1ccc(C(=Cc2cc(CCC(C)CCCC(C)C)c(C=C(c3ccccc3)c3ccc(C)cc3)cc2C)c2ccccc2)cc1. The Kier molecular flexibility index (Phi) is 11.9. The molecule has 0 aliphatic carbocycles. The van der Waals surface area contributed by atoms with Crippen LogP contribution in [0.3, 0.4) is 0 Å². The minimum atomic E-state index is 0.698. The predicted octanol–water partition coefficient (Wildman–Crippen LogP) is 13.2. The first-order valence-corrected chi connectivity index (χ1v) is 17.6. The summed E-state index contributed by atoms with van der Waals surface area (Å²) >= 11 is 0. The van der Waals surface area contributed by atoms with Gasteiger partial charge in [-0.25, -0.2) is 0 Å². The third-order valence-corrected chi connectivity index (χ3v) is 9.41. The lowest BCUT2D eigenvalue weighted by atomic mass is 9.87. The Morgan fingerprint density at radius 3 is 1.47 bits per heavy atom. The van der Waals surface area contributed by atoms with Crippen LogP contribution >= 0.6 is 0 Å². The molecule has 5 aromatic rings. The standard InChI is InChI=1S/C47H52/c1-34(2)14-13-15-35(3)24-29-43-31-44(32-46(39-16-9-7-10-17-39)41-25-20-36(4)21-26-41)38(6)30-45(43)33-47(40-18-11-8-12-19-40)42-27-22-37(5)23-28-42/h7-12,16-23,25-28,30-35H,13-15,24,29H2,1-6H3. The Morgan fingerprint density at radius 2 is 0.979 bits per heavy atom. The van der Waals surface area contributed by atoms with E-state index in [-0.39, 0.29) is 0 Å². The zero-order chi connectivity index (χ0) is 33.2. The average molecular weight is 617 g/mol. The molecular formula is C47H52. The molecular weight excluding hydrogens is 565 g/mol. The summed E-state index contributed by atoms with van der Waals surface area (Å²) in [7, 11) is 0. The first kappa shape index (κ1) is 33.9. The van der Waals surface area contributed by atoms with E-state index in [1.54, 1.807) is 0 Å². The van der Waals surface area contributed by atoms with Crippen LogP contribution in [0.15, 0.2) is 121 Å². The highest BCUT2D eigenvalue weighted by atomic mass is 14.2. The fraction of sp³-hybridized carbons (Fsp3) is 0.277. The second-order valence-corrected chi connectivity index (χ2v) is 14.0. The summed E-state index contributed by atoms with van der Waals surface area (Å²) in [6.07, 6.45) is 11.0. The van der Waals surface area contributed by atoms with Crippen LogP contribution in [0.4, 0.5) is 0 Å². The molecule has 5 rings (SSSR count). The molecule has 0 saturated heterocycles. The molecule has 0 aliphatic heterocycles. The maximum Gasteiger partial charge on any atom is -0.0105 e. The zero-order valence-electron chi connectivity index (χ0n) is 29.4. The summed E-state index contributed by atoms with van der Waals surface area (Å²) < 4.78 is 0. The average Bonchev–Trinajstić information content (AvgIpc) is 3.08. The monoisotopic (exact) mass is 616 g/mol. The third kappa shape index (κ3) is 9.55. The number of benzene rings is 5. The summed E-state index contributed by atoms with van der Waals surface area (Å²) in [5.41, 5.74) is 15.4. The predicted molar refractivity (Wildman–Crippen MR) is 207 cm³/mol. The van der Waals surface area contributed by atoms with E-state index in [1.807, 2.05) is 0 Å². The molecule has 1 unspecified atom stereocenters. The van der Waals surface area contributed by atoms with Gasteiger partial charge >= 0.3 is 0 Å². The van der Waals surface area contributed by atoms with Gasteiger partial charge in [0.15, 0.2) is 0 Å². The topological polar surface area (TPSA) is 0 Å². The van der Waals surface area contributed by atoms with Crippen molar-refractivity contribution in [3.63, 3.8) is 0 Å². The molecule has 0 heterocycles. The van der Waals surface area contributed by atoms with Crippen LogP contribution in [0.2, 0.25) is 0 Å². The van der Waals surface area contributed by atoms with Gasteiger partial charge in [0.2, 0.25) is 0 Å². The van der Waals surface area contributed by atoms with Crippen molar-refractivity contribution >= 4 is 23.3 Å². The maximum atomic E-state index is 2.48. The van der Waals surface area contributed by atoms with E-state index >= 15 is 0 Å². The third-order valence-electron chi connectivity index (χ3n) is 9.41. The van der Waals surface area contributed by atoms with Gasteiger partial charge < -0.3 is 0 Å². The first-order chi connectivity index (χ1) is 22.8. The molecule has 0 fully saturated rings. The Bertz CT molecular complexity index is 1770. The summed E-state index contributed by atoms with van der Waals surface area (Å²) in [4.78, 5) is 0. The van der Waals surface area contributed by atoms with Gasteiger partial charge in [-0.1, -0.05) is 172 Å². The van der Waals surface area contributed by atoms with Gasteiger partial charge in [-0.05, 0) is 113 Å². The summed E-state index contributed by atoms with van der Waals surface area (Å²) in [5.74, 6) is 1.47. The molecule has 0 aromatic heterocycles. The fourth-order valence-corrected chi connectivity index (χ4v) is 6.40. The summed E-state index contributed by atoms with van der Waals surface area (Å²) in [6.45, 7) is 13.7. The van der Waals surface area contributed by atoms with Crippen LogP contribution in [0.1, 0.15) is 102 Å². The molecule has 0 heteroatoms. The van der Waals surface area contributed by atoms with Crippen molar-refractivity contribution in [1.82, 2.24) is 0 Å². The molecule has 0 bridgehead atoms. The van der Waals surface area contributed by atoms with Gasteiger partial charge in [0.25, 0.3) is 0 Å². The Morgan fingerprint density at radius 1 is 0.511 bits per heavy atom. The Labute approximate surface area is 284 Å². The lowest BCUT2D eigenvalue weighted by Gasteiger charge is -2.17. The van der Waals surface area contributed by atoms with Gasteiger partial charge in [0.1, 0.15) is 0 Å². The highest BCUT2D eigenvalue weighted by Gasteiger charge is 2.13. The van der Waals surface area contributed by atoms with Crippen LogP contribution in [0.5, 0.6) is 0 Å². The van der Waals surface area contributed by atoms with Gasteiger partial charge in [-0.3, -0.25) is 0 Å². The van der Waals surface area contributed by atoms with Crippen molar-refractivity contribution in [3.05, 3.63) is 177 Å². The van der Waals surface area contributed by atoms with Crippen LogP contribution in [0, 0.1) is 32.6 Å². The van der Waals surface area contributed by atoms with Crippen molar-refractivity contribution in [2.75, 3.05) is 0 Å². The number of hydrogen-bond acceptors (Lipinski definition) is 0. The van der Waals surface area contributed by atoms with Crippen LogP contribution < -0.4 is 0 Å². The Balaban J connectivity index is 1.62. The highest BCUT2D eigenvalue weighted by molar-refractivity contribution is 5.94. The van der Waals surface area contributed by atoms with E-state index in [2.05, 4.69) is 175 Å². The lowest BCUT2D eigenvalue weighted by molar-refractivity contribution is 0.437. The van der Waals surface area contributed by atoms with Gasteiger partial charge in [0, 0.05) is 0 Å². The molecule has 0 N–H and O–H groups in total. The van der Waals surface area contributed by atoms with Crippen molar-refractivity contribution < 1.29 is 0 Å².